The Labute approximate surface area is 128 Å². The minimum Gasteiger partial charge on any atom is -0.353 e. The van der Waals surface area contributed by atoms with Gasteiger partial charge in [-0.3, -0.25) is 0 Å². The van der Waals surface area contributed by atoms with Crippen molar-refractivity contribution in [2.75, 3.05) is 18.5 Å². The number of ether oxygens (including phenoxy) is 2. The van der Waals surface area contributed by atoms with Gasteiger partial charge in [0, 0.05) is 18.5 Å². The molecule has 0 saturated heterocycles. The minimum atomic E-state index is 0.0159. The van der Waals surface area contributed by atoms with E-state index in [1.54, 1.807) is 0 Å². The molecule has 0 aliphatic carbocycles. The largest absolute Gasteiger partial charge is 0.353 e. The Kier molecular flexibility index (Phi) is 16.3. The molecule has 0 heterocycles. The number of unbranched alkanes of at least 4 members (excludes halogenated alkanes) is 5. The van der Waals surface area contributed by atoms with Crippen LogP contribution in [0.4, 0.5) is 0 Å². The average molecular weight is 335 g/mol. The van der Waals surface area contributed by atoms with Crippen molar-refractivity contribution in [3.8, 4) is 0 Å². The van der Waals surface area contributed by atoms with Crippen LogP contribution in [-0.2, 0) is 9.47 Å². The minimum absolute atomic E-state index is 0.0159. The first-order valence-corrected chi connectivity index (χ1v) is 8.91. The highest BCUT2D eigenvalue weighted by Gasteiger charge is 2.06. The third kappa shape index (κ3) is 14.4. The van der Waals surface area contributed by atoms with Crippen molar-refractivity contribution in [1.29, 1.82) is 0 Å². The molecule has 0 aromatic rings. The Morgan fingerprint density at radius 3 is 2.05 bits per heavy atom. The molecule has 3 heteroatoms. The van der Waals surface area contributed by atoms with Crippen LogP contribution in [0.15, 0.2) is 12.2 Å². The van der Waals surface area contributed by atoms with Crippen molar-refractivity contribution < 1.29 is 9.47 Å². The summed E-state index contributed by atoms with van der Waals surface area (Å²) in [6.07, 6.45) is 14.5. The Bertz CT molecular complexity index is 189. The van der Waals surface area contributed by atoms with Crippen LogP contribution in [0, 0.1) is 0 Å². The van der Waals surface area contributed by atoms with Gasteiger partial charge in [-0.2, -0.15) is 0 Å². The lowest BCUT2D eigenvalue weighted by molar-refractivity contribution is -0.140. The van der Waals surface area contributed by atoms with E-state index in [0.29, 0.717) is 0 Å². The van der Waals surface area contributed by atoms with Crippen LogP contribution in [0.5, 0.6) is 0 Å². The fourth-order valence-corrected chi connectivity index (χ4v) is 2.25. The van der Waals surface area contributed by atoms with Gasteiger partial charge in [0.25, 0.3) is 0 Å². The topological polar surface area (TPSA) is 18.5 Å². The van der Waals surface area contributed by atoms with Crippen molar-refractivity contribution in [3.63, 3.8) is 0 Å². The number of rotatable bonds is 14. The molecule has 0 aromatic carbocycles. The number of hydrogen-bond acceptors (Lipinski definition) is 2. The molecule has 0 spiro atoms. The van der Waals surface area contributed by atoms with Gasteiger partial charge in [0.15, 0.2) is 6.29 Å². The smallest absolute Gasteiger partial charge is 0.157 e. The Morgan fingerprint density at radius 1 is 0.842 bits per heavy atom. The maximum Gasteiger partial charge on any atom is 0.157 e. The van der Waals surface area contributed by atoms with Crippen LogP contribution in [0.1, 0.15) is 65.2 Å². The second-order valence-electron chi connectivity index (χ2n) is 4.63. The molecule has 0 radical (unpaired) electrons. The van der Waals surface area contributed by atoms with Gasteiger partial charge in [-0.1, -0.05) is 47.3 Å². The van der Waals surface area contributed by atoms with Crippen molar-refractivity contribution in [3.05, 3.63) is 12.2 Å². The fraction of sp³-hybridized carbons (Fsp3) is 0.875. The van der Waals surface area contributed by atoms with Crippen molar-refractivity contribution >= 4 is 15.9 Å². The highest BCUT2D eigenvalue weighted by molar-refractivity contribution is 9.09. The lowest BCUT2D eigenvalue weighted by Gasteiger charge is -2.16. The molecule has 0 rings (SSSR count). The van der Waals surface area contributed by atoms with Crippen LogP contribution in [0.25, 0.3) is 0 Å². The van der Waals surface area contributed by atoms with Gasteiger partial charge < -0.3 is 9.47 Å². The lowest BCUT2D eigenvalue weighted by Crippen LogP contribution is -2.17. The van der Waals surface area contributed by atoms with Crippen LogP contribution >= 0.6 is 15.9 Å². The summed E-state index contributed by atoms with van der Waals surface area (Å²) in [7, 11) is 0. The van der Waals surface area contributed by atoms with Gasteiger partial charge in [-0.25, -0.2) is 0 Å². The zero-order valence-electron chi connectivity index (χ0n) is 12.7. The van der Waals surface area contributed by atoms with Gasteiger partial charge in [0.05, 0.1) is 0 Å². The summed E-state index contributed by atoms with van der Waals surface area (Å²) in [4.78, 5) is 0. The zero-order valence-corrected chi connectivity index (χ0v) is 14.3. The molecule has 0 atom stereocenters. The molecule has 0 aliphatic heterocycles. The molecular formula is C16H31BrO2. The molecule has 0 N–H and O–H groups in total. The summed E-state index contributed by atoms with van der Waals surface area (Å²) in [6, 6.07) is 0. The van der Waals surface area contributed by atoms with Crippen LogP contribution in [0.2, 0.25) is 0 Å². The number of alkyl halides is 1. The molecular weight excluding hydrogens is 304 g/mol. The van der Waals surface area contributed by atoms with Gasteiger partial charge >= 0.3 is 0 Å². The van der Waals surface area contributed by atoms with E-state index in [2.05, 4.69) is 28.1 Å². The predicted molar refractivity (Wildman–Crippen MR) is 86.9 cm³/mol. The number of hydrogen-bond donors (Lipinski definition) is 0. The summed E-state index contributed by atoms with van der Waals surface area (Å²) < 4.78 is 11.1. The maximum absolute atomic E-state index is 5.53. The molecule has 0 bridgehead atoms. The van der Waals surface area contributed by atoms with E-state index in [4.69, 9.17) is 9.47 Å². The van der Waals surface area contributed by atoms with Crippen LogP contribution < -0.4 is 0 Å². The van der Waals surface area contributed by atoms with E-state index in [9.17, 15) is 0 Å². The van der Waals surface area contributed by atoms with E-state index >= 15 is 0 Å². The summed E-state index contributed by atoms with van der Waals surface area (Å²) in [5.41, 5.74) is 0. The number of allylic oxidation sites excluding steroid dienone is 2. The van der Waals surface area contributed by atoms with Crippen molar-refractivity contribution in [2.24, 2.45) is 0 Å². The molecule has 2 nitrogen and oxygen atoms in total. The second-order valence-corrected chi connectivity index (χ2v) is 5.43. The standard InChI is InChI=1S/C16H31BrO2/c1-3-18-16(19-4-2)14-12-10-8-6-5-7-9-11-13-15-17/h9,11,16H,3-8,10,12-15H2,1-2H3/b11-9-. The molecule has 0 fully saturated rings. The first-order valence-electron chi connectivity index (χ1n) is 7.79. The monoisotopic (exact) mass is 334 g/mol. The van der Waals surface area contributed by atoms with Crippen molar-refractivity contribution in [2.45, 2.75) is 71.5 Å². The quantitative estimate of drug-likeness (QED) is 0.182. The highest BCUT2D eigenvalue weighted by atomic mass is 79.9. The maximum atomic E-state index is 5.53. The number of halogens is 1. The van der Waals surface area contributed by atoms with Crippen molar-refractivity contribution in [1.82, 2.24) is 0 Å². The second kappa shape index (κ2) is 16.2. The summed E-state index contributed by atoms with van der Waals surface area (Å²) in [6.45, 7) is 5.53. The SMILES string of the molecule is CCOC(CCCCCCC/C=C\CCBr)OCC. The van der Waals surface area contributed by atoms with E-state index in [1.165, 1.54) is 38.5 Å². The Morgan fingerprint density at radius 2 is 1.42 bits per heavy atom. The predicted octanol–water partition coefficient (Wildman–Crippen LogP) is 5.46. The molecule has 0 aromatic heterocycles. The molecule has 0 saturated carbocycles. The Hall–Kier alpha value is 0.140. The van der Waals surface area contributed by atoms with E-state index in [0.717, 1.165) is 31.4 Å². The molecule has 19 heavy (non-hydrogen) atoms. The van der Waals surface area contributed by atoms with Crippen LogP contribution in [0.3, 0.4) is 0 Å². The first kappa shape index (κ1) is 19.1. The molecule has 114 valence electrons. The van der Waals surface area contributed by atoms with E-state index in [1.807, 2.05) is 13.8 Å². The van der Waals surface area contributed by atoms with Gasteiger partial charge in [-0.15, -0.1) is 0 Å². The van der Waals surface area contributed by atoms with Gasteiger partial charge in [-0.05, 0) is 46.0 Å². The summed E-state index contributed by atoms with van der Waals surface area (Å²) in [5, 5.41) is 1.07. The van der Waals surface area contributed by atoms with E-state index < -0.39 is 0 Å². The van der Waals surface area contributed by atoms with Gasteiger partial charge in [0.1, 0.15) is 0 Å². The lowest BCUT2D eigenvalue weighted by atomic mass is 10.1. The fourth-order valence-electron chi connectivity index (χ4n) is 1.99. The normalized spacial score (nSPS) is 11.8. The molecule has 0 aliphatic rings. The van der Waals surface area contributed by atoms with Crippen LogP contribution in [-0.4, -0.2) is 24.8 Å². The third-order valence-electron chi connectivity index (χ3n) is 2.96. The summed E-state index contributed by atoms with van der Waals surface area (Å²) in [5.74, 6) is 0. The molecule has 0 unspecified atom stereocenters. The van der Waals surface area contributed by atoms with E-state index in [-0.39, 0.29) is 6.29 Å². The third-order valence-corrected chi connectivity index (χ3v) is 3.42. The summed E-state index contributed by atoms with van der Waals surface area (Å²) >= 11 is 3.42. The van der Waals surface area contributed by atoms with Gasteiger partial charge in [0.2, 0.25) is 0 Å². The molecule has 0 amide bonds. The average Bonchev–Trinajstić information content (AvgIpc) is 2.41. The Balaban J connectivity index is 3.28. The first-order chi connectivity index (χ1) is 9.35. The highest BCUT2D eigenvalue weighted by Crippen LogP contribution is 2.11. The zero-order chi connectivity index (χ0) is 14.2.